The van der Waals surface area contributed by atoms with Gasteiger partial charge >= 0.3 is 12.2 Å². The Labute approximate surface area is 258 Å². The number of hydrogen-bond donors (Lipinski definition) is 1. The second-order valence-corrected chi connectivity index (χ2v) is 13.3. The molecule has 4 saturated heterocycles. The molecule has 15 heteroatoms. The van der Waals surface area contributed by atoms with E-state index in [-0.39, 0.29) is 51.0 Å². The number of piperazine rings is 1. The van der Waals surface area contributed by atoms with E-state index in [1.807, 2.05) is 4.90 Å². The van der Waals surface area contributed by atoms with Gasteiger partial charge in [0.2, 0.25) is 5.13 Å². The molecule has 0 amide bonds. The van der Waals surface area contributed by atoms with Gasteiger partial charge in [-0.1, -0.05) is 11.3 Å². The van der Waals surface area contributed by atoms with Gasteiger partial charge in [0.15, 0.2) is 0 Å². The van der Waals surface area contributed by atoms with E-state index in [1.54, 1.807) is 0 Å². The third kappa shape index (κ3) is 4.73. The highest BCUT2D eigenvalue weighted by atomic mass is 32.1. The van der Waals surface area contributed by atoms with Crippen LogP contribution in [0.2, 0.25) is 0 Å². The third-order valence-electron chi connectivity index (χ3n) is 9.72. The Balaban J connectivity index is 1.33. The fraction of sp³-hybridized carbons (Fsp3) is 0.500. The van der Waals surface area contributed by atoms with Crippen LogP contribution in [0, 0.1) is 11.6 Å². The number of aromatic nitrogens is 4. The number of nitrogens with zero attached hydrogens (tertiary/aromatic N) is 7. The molecule has 0 spiro atoms. The van der Waals surface area contributed by atoms with Gasteiger partial charge in [0.25, 0.3) is 0 Å². The Morgan fingerprint density at radius 1 is 1.04 bits per heavy atom. The number of rotatable bonds is 6. The highest BCUT2D eigenvalue weighted by Gasteiger charge is 2.46. The zero-order valence-electron chi connectivity index (χ0n) is 24.1. The predicted molar refractivity (Wildman–Crippen MR) is 160 cm³/mol. The largest absolute Gasteiger partial charge is 0.461 e. The lowest BCUT2D eigenvalue weighted by Crippen LogP contribution is -2.51. The summed E-state index contributed by atoms with van der Waals surface area (Å²) in [4.78, 5) is 25.4. The van der Waals surface area contributed by atoms with Crippen molar-refractivity contribution in [2.75, 3.05) is 37.7 Å². The molecule has 2 bridgehead atoms. The number of pyridine rings is 1. The fourth-order valence-electron chi connectivity index (χ4n) is 7.74. The van der Waals surface area contributed by atoms with Crippen molar-refractivity contribution < 1.29 is 26.7 Å². The van der Waals surface area contributed by atoms with Crippen molar-refractivity contribution in [3.8, 4) is 17.3 Å². The molecule has 4 aromatic rings. The topological polar surface area (TPSA) is 91.7 Å². The van der Waals surface area contributed by atoms with Crippen molar-refractivity contribution in [2.24, 2.45) is 4.99 Å². The molecule has 0 saturated carbocycles. The Hall–Kier alpha value is -3.56. The van der Waals surface area contributed by atoms with Gasteiger partial charge in [-0.15, -0.1) is 0 Å². The summed E-state index contributed by atoms with van der Waals surface area (Å²) in [6, 6.07) is 0.724. The Bertz CT molecular complexity index is 1830. The van der Waals surface area contributed by atoms with Crippen LogP contribution in [0.4, 0.5) is 32.9 Å². The molecule has 4 aliphatic heterocycles. The second-order valence-electron chi connectivity index (χ2n) is 12.4. The van der Waals surface area contributed by atoms with Crippen LogP contribution in [-0.4, -0.2) is 82.0 Å². The summed E-state index contributed by atoms with van der Waals surface area (Å²) in [6.45, 7) is 6.64. The monoisotopic (exact) mass is 644 g/mol. The molecular formula is C30H29F5N8OS. The number of benzene rings is 1. The van der Waals surface area contributed by atoms with E-state index >= 15 is 17.6 Å². The van der Waals surface area contributed by atoms with E-state index in [0.717, 1.165) is 63.0 Å². The van der Waals surface area contributed by atoms with Crippen LogP contribution in [-0.2, 0) is 6.18 Å². The van der Waals surface area contributed by atoms with Gasteiger partial charge in [-0.05, 0) is 58.3 Å². The number of ether oxygens (including phenoxy) is 1. The van der Waals surface area contributed by atoms with Crippen molar-refractivity contribution >= 4 is 50.1 Å². The standard InChI is InChI=1S/C30H29F5N8OS/c1-36-28-40-24-20(18(31)10-19(32)25(24)45-28)23-21(30(33,34)35)22-17(11-37-23)26(42-12-15-4-5-16(13-42)38-15)41-27(39-22)44-14-29-6-2-8-43(29)9-3-7-29/h10-11,15-16,38H,1-9,12-14H2. The first-order valence-electron chi connectivity index (χ1n) is 15.1. The highest BCUT2D eigenvalue weighted by Crippen LogP contribution is 2.46. The number of nitrogens with one attached hydrogen (secondary N) is 1. The molecule has 1 N–H and O–H groups in total. The van der Waals surface area contributed by atoms with Gasteiger partial charge in [-0.2, -0.15) is 23.1 Å². The molecule has 3 aromatic heterocycles. The number of alkyl halides is 3. The molecular weight excluding hydrogens is 615 g/mol. The third-order valence-corrected chi connectivity index (χ3v) is 10.7. The van der Waals surface area contributed by atoms with E-state index in [9.17, 15) is 4.39 Å². The summed E-state index contributed by atoms with van der Waals surface area (Å²) in [6.07, 6.45) is 2.06. The maximum atomic E-state index is 15.5. The predicted octanol–water partition coefficient (Wildman–Crippen LogP) is 5.88. The van der Waals surface area contributed by atoms with E-state index in [0.29, 0.717) is 25.0 Å². The molecule has 2 atom stereocenters. The number of halogens is 5. The summed E-state index contributed by atoms with van der Waals surface area (Å²) in [5.74, 6) is -1.90. The van der Waals surface area contributed by atoms with Crippen LogP contribution >= 0.6 is 11.3 Å². The number of fused-ring (bicyclic) bond motifs is 5. The van der Waals surface area contributed by atoms with Gasteiger partial charge in [-0.25, -0.2) is 18.8 Å². The van der Waals surface area contributed by atoms with Crippen LogP contribution in [0.1, 0.15) is 44.1 Å². The minimum Gasteiger partial charge on any atom is -0.461 e. The lowest BCUT2D eigenvalue weighted by Gasteiger charge is -2.35. The summed E-state index contributed by atoms with van der Waals surface area (Å²) >= 11 is 0.761. The maximum Gasteiger partial charge on any atom is 0.420 e. The molecule has 9 nitrogen and oxygen atoms in total. The quantitative estimate of drug-likeness (QED) is 0.206. The van der Waals surface area contributed by atoms with Crippen molar-refractivity contribution in [3.05, 3.63) is 29.5 Å². The molecule has 7 heterocycles. The van der Waals surface area contributed by atoms with Crippen LogP contribution in [0.25, 0.3) is 32.4 Å². The first-order valence-corrected chi connectivity index (χ1v) is 15.9. The minimum atomic E-state index is -5.03. The number of anilines is 1. The van der Waals surface area contributed by atoms with Crippen LogP contribution < -0.4 is 15.0 Å². The van der Waals surface area contributed by atoms with Gasteiger partial charge in [0.05, 0.1) is 37.9 Å². The van der Waals surface area contributed by atoms with Gasteiger partial charge in [0.1, 0.15) is 29.6 Å². The average molecular weight is 645 g/mol. The number of thiazole rings is 1. The van der Waals surface area contributed by atoms with E-state index < -0.39 is 40.1 Å². The van der Waals surface area contributed by atoms with Crippen molar-refractivity contribution in [1.82, 2.24) is 30.2 Å². The van der Waals surface area contributed by atoms with Crippen molar-refractivity contribution in [3.63, 3.8) is 0 Å². The summed E-state index contributed by atoms with van der Waals surface area (Å²) in [5, 5.41) is 3.60. The molecule has 0 aliphatic carbocycles. The molecule has 236 valence electrons. The molecule has 4 aliphatic rings. The van der Waals surface area contributed by atoms with E-state index in [1.165, 1.54) is 6.20 Å². The zero-order chi connectivity index (χ0) is 31.1. The molecule has 0 radical (unpaired) electrons. The summed E-state index contributed by atoms with van der Waals surface area (Å²) in [7, 11) is 0. The lowest BCUT2D eigenvalue weighted by molar-refractivity contribution is -0.136. The molecule has 4 fully saturated rings. The fourth-order valence-corrected chi connectivity index (χ4v) is 8.53. The lowest BCUT2D eigenvalue weighted by atomic mass is 9.95. The SMILES string of the molecule is C=Nc1nc2c(-c3ncc4c(N5CC6CCC(C5)N6)nc(OCC56CCCN5CCC6)nc4c3C(F)(F)F)c(F)cc(F)c2s1. The van der Waals surface area contributed by atoms with Crippen LogP contribution in [0.15, 0.2) is 17.3 Å². The minimum absolute atomic E-state index is 0.00835. The van der Waals surface area contributed by atoms with Crippen LogP contribution in [0.5, 0.6) is 6.01 Å². The molecule has 45 heavy (non-hydrogen) atoms. The normalized spacial score (nSPS) is 22.9. The Kier molecular flexibility index (Phi) is 6.73. The smallest absolute Gasteiger partial charge is 0.420 e. The average Bonchev–Trinajstić information content (AvgIpc) is 3.78. The maximum absolute atomic E-state index is 15.5. The molecule has 1 aromatic carbocycles. The Morgan fingerprint density at radius 3 is 2.47 bits per heavy atom. The van der Waals surface area contributed by atoms with Gasteiger partial charge < -0.3 is 15.0 Å². The highest BCUT2D eigenvalue weighted by molar-refractivity contribution is 7.22. The summed E-state index contributed by atoms with van der Waals surface area (Å²) in [5.41, 5.74) is -3.55. The van der Waals surface area contributed by atoms with E-state index in [2.05, 4.69) is 36.9 Å². The first-order chi connectivity index (χ1) is 21.6. The Morgan fingerprint density at radius 2 is 1.78 bits per heavy atom. The second kappa shape index (κ2) is 10.5. The van der Waals surface area contributed by atoms with Gasteiger partial charge in [-0.3, -0.25) is 9.88 Å². The summed E-state index contributed by atoms with van der Waals surface area (Å²) < 4.78 is 81.8. The first kappa shape index (κ1) is 28.9. The molecule has 2 unspecified atom stereocenters. The van der Waals surface area contributed by atoms with Crippen LogP contribution in [0.3, 0.4) is 0 Å². The number of aliphatic imine (C=N–C) groups is 1. The van der Waals surface area contributed by atoms with Crippen molar-refractivity contribution in [1.29, 1.82) is 0 Å². The van der Waals surface area contributed by atoms with Gasteiger partial charge in [0, 0.05) is 37.4 Å². The van der Waals surface area contributed by atoms with E-state index in [4.69, 9.17) is 9.72 Å². The van der Waals surface area contributed by atoms with Crippen molar-refractivity contribution in [2.45, 2.75) is 62.3 Å². The zero-order valence-corrected chi connectivity index (χ0v) is 24.9. The number of hydrogen-bond acceptors (Lipinski definition) is 10. The molecule has 8 rings (SSSR count).